The highest BCUT2D eigenvalue weighted by Crippen LogP contribution is 2.30. The minimum absolute atomic E-state index is 0.0191. The van der Waals surface area contributed by atoms with Gasteiger partial charge in [0.1, 0.15) is 0 Å². The van der Waals surface area contributed by atoms with Crippen LogP contribution in [0.1, 0.15) is 19.7 Å². The maximum Gasteiger partial charge on any atom is 0.235 e. The lowest BCUT2D eigenvalue weighted by Crippen LogP contribution is -2.13. The molecule has 0 aliphatic rings. The van der Waals surface area contributed by atoms with Gasteiger partial charge in [0.05, 0.1) is 4.90 Å². The normalized spacial score (nSPS) is 11.9. The van der Waals surface area contributed by atoms with Crippen LogP contribution in [0.3, 0.4) is 0 Å². The van der Waals surface area contributed by atoms with E-state index >= 15 is 0 Å². The van der Waals surface area contributed by atoms with Gasteiger partial charge in [-0.05, 0) is 18.1 Å². The monoisotopic (exact) mass is 308 g/mol. The number of anilines is 1. The summed E-state index contributed by atoms with van der Waals surface area (Å²) in [5, 5.41) is -0.0191. The molecule has 1 aromatic heterocycles. The summed E-state index contributed by atoms with van der Waals surface area (Å²) in [4.78, 5) is 6.07. The molecule has 21 heavy (non-hydrogen) atoms. The number of aromatic nitrogens is 1. The fourth-order valence-corrected chi connectivity index (χ4v) is 3.36. The Morgan fingerprint density at radius 3 is 2.33 bits per heavy atom. The summed E-state index contributed by atoms with van der Waals surface area (Å²) in [6, 6.07) is 8.28. The van der Waals surface area contributed by atoms with Crippen LogP contribution in [0.2, 0.25) is 0 Å². The van der Waals surface area contributed by atoms with Crippen molar-refractivity contribution < 1.29 is 12.8 Å². The van der Waals surface area contributed by atoms with Crippen molar-refractivity contribution in [2.24, 2.45) is 5.92 Å². The predicted octanol–water partition coefficient (Wildman–Crippen LogP) is 2.77. The van der Waals surface area contributed by atoms with Crippen molar-refractivity contribution in [3.05, 3.63) is 36.2 Å². The van der Waals surface area contributed by atoms with Gasteiger partial charge in [0.2, 0.25) is 20.7 Å². The van der Waals surface area contributed by atoms with Crippen molar-refractivity contribution >= 4 is 15.7 Å². The van der Waals surface area contributed by atoms with Gasteiger partial charge in [0.25, 0.3) is 0 Å². The van der Waals surface area contributed by atoms with Crippen LogP contribution in [0.15, 0.2) is 44.7 Å². The molecule has 0 aliphatic carbocycles. The van der Waals surface area contributed by atoms with E-state index in [1.807, 2.05) is 13.8 Å². The molecule has 0 bridgehead atoms. The Labute approximate surface area is 125 Å². The average molecular weight is 308 g/mol. The maximum atomic E-state index is 12.7. The average Bonchev–Trinajstić information content (AvgIpc) is 2.84. The Balaban J connectivity index is 2.54. The van der Waals surface area contributed by atoms with E-state index in [2.05, 4.69) is 4.98 Å². The minimum atomic E-state index is -3.68. The fourth-order valence-electron chi connectivity index (χ4n) is 1.94. The van der Waals surface area contributed by atoms with E-state index < -0.39 is 9.84 Å². The Kier molecular flexibility index (Phi) is 4.37. The first-order valence-corrected chi connectivity index (χ1v) is 8.28. The van der Waals surface area contributed by atoms with Crippen molar-refractivity contribution in [2.45, 2.75) is 30.2 Å². The van der Waals surface area contributed by atoms with E-state index in [4.69, 9.17) is 4.42 Å². The molecule has 0 N–H and O–H groups in total. The van der Waals surface area contributed by atoms with E-state index in [0.29, 0.717) is 18.2 Å². The van der Waals surface area contributed by atoms with Crippen molar-refractivity contribution in [3.63, 3.8) is 0 Å². The first-order valence-electron chi connectivity index (χ1n) is 6.79. The fraction of sp³-hybridized carbons (Fsp3) is 0.400. The molecule has 6 heteroatoms. The second kappa shape index (κ2) is 5.89. The van der Waals surface area contributed by atoms with Crippen LogP contribution in [0.25, 0.3) is 0 Å². The second-order valence-corrected chi connectivity index (χ2v) is 7.39. The highest BCUT2D eigenvalue weighted by molar-refractivity contribution is 7.91. The summed E-state index contributed by atoms with van der Waals surface area (Å²) < 4.78 is 31.0. The molecule has 0 atom stereocenters. The van der Waals surface area contributed by atoms with E-state index in [9.17, 15) is 8.42 Å². The molecule has 0 fully saturated rings. The molecule has 0 spiro atoms. The van der Waals surface area contributed by atoms with Gasteiger partial charge in [0.15, 0.2) is 5.89 Å². The maximum absolute atomic E-state index is 12.7. The van der Waals surface area contributed by atoms with Crippen molar-refractivity contribution in [1.82, 2.24) is 4.98 Å². The molecular formula is C15H20N2O3S. The zero-order valence-corrected chi connectivity index (χ0v) is 13.5. The Morgan fingerprint density at radius 2 is 1.81 bits per heavy atom. The van der Waals surface area contributed by atoms with Gasteiger partial charge in [-0.1, -0.05) is 32.0 Å². The Hall–Kier alpha value is -1.82. The van der Waals surface area contributed by atoms with E-state index in [-0.39, 0.29) is 15.8 Å². The molecule has 1 aromatic carbocycles. The summed E-state index contributed by atoms with van der Waals surface area (Å²) >= 11 is 0. The lowest BCUT2D eigenvalue weighted by Gasteiger charge is -2.10. The summed E-state index contributed by atoms with van der Waals surface area (Å²) in [6.07, 6.45) is 0.602. The number of sulfone groups is 1. The summed E-state index contributed by atoms with van der Waals surface area (Å²) in [5.74, 6) is 1.06. The van der Waals surface area contributed by atoms with E-state index in [0.717, 1.165) is 0 Å². The van der Waals surface area contributed by atoms with Gasteiger partial charge in [-0.2, -0.15) is 4.98 Å². The Bertz CT molecular complexity index is 704. The Morgan fingerprint density at radius 1 is 1.19 bits per heavy atom. The summed E-state index contributed by atoms with van der Waals surface area (Å²) in [6.45, 7) is 4.07. The van der Waals surface area contributed by atoms with Gasteiger partial charge >= 0.3 is 0 Å². The molecule has 0 saturated carbocycles. The highest BCUT2D eigenvalue weighted by atomic mass is 32.2. The smallest absolute Gasteiger partial charge is 0.235 e. The van der Waals surface area contributed by atoms with Crippen molar-refractivity contribution in [2.75, 3.05) is 19.0 Å². The predicted molar refractivity (Wildman–Crippen MR) is 81.3 cm³/mol. The molecule has 2 aromatic rings. The molecule has 0 amide bonds. The van der Waals surface area contributed by atoms with Crippen LogP contribution < -0.4 is 4.90 Å². The van der Waals surface area contributed by atoms with Crippen molar-refractivity contribution in [1.29, 1.82) is 0 Å². The van der Waals surface area contributed by atoms with E-state index in [1.54, 1.807) is 49.3 Å². The largest absolute Gasteiger partial charge is 0.424 e. The molecule has 0 aliphatic heterocycles. The van der Waals surface area contributed by atoms with Gasteiger partial charge in [-0.15, -0.1) is 0 Å². The first kappa shape index (κ1) is 15.6. The molecule has 5 nitrogen and oxygen atoms in total. The number of nitrogens with zero attached hydrogens (tertiary/aromatic N) is 2. The van der Waals surface area contributed by atoms with Crippen LogP contribution in [-0.4, -0.2) is 27.5 Å². The number of rotatable bonds is 5. The summed E-state index contributed by atoms with van der Waals surface area (Å²) in [7, 11) is -0.197. The van der Waals surface area contributed by atoms with Gasteiger partial charge in [-0.25, -0.2) is 8.42 Å². The molecule has 114 valence electrons. The number of oxazole rings is 1. The molecular weight excluding hydrogens is 288 g/mol. The second-order valence-electron chi connectivity index (χ2n) is 5.53. The van der Waals surface area contributed by atoms with Gasteiger partial charge < -0.3 is 9.32 Å². The zero-order valence-electron chi connectivity index (χ0n) is 12.7. The molecule has 0 radical (unpaired) electrons. The minimum Gasteiger partial charge on any atom is -0.424 e. The number of benzene rings is 1. The van der Waals surface area contributed by atoms with Gasteiger partial charge in [0, 0.05) is 20.5 Å². The zero-order chi connectivity index (χ0) is 15.6. The lowest BCUT2D eigenvalue weighted by molar-refractivity contribution is 0.459. The van der Waals surface area contributed by atoms with Crippen LogP contribution in [0.5, 0.6) is 0 Å². The molecule has 0 unspecified atom stereocenters. The molecule has 1 heterocycles. The molecule has 0 saturated heterocycles. The van der Waals surface area contributed by atoms with Crippen LogP contribution >= 0.6 is 0 Å². The third-order valence-electron chi connectivity index (χ3n) is 2.92. The molecule has 2 rings (SSSR count). The van der Waals surface area contributed by atoms with Crippen LogP contribution in [-0.2, 0) is 16.3 Å². The highest BCUT2D eigenvalue weighted by Gasteiger charge is 2.29. The lowest BCUT2D eigenvalue weighted by atomic mass is 10.1. The third kappa shape index (κ3) is 3.26. The van der Waals surface area contributed by atoms with Crippen LogP contribution in [0.4, 0.5) is 5.88 Å². The van der Waals surface area contributed by atoms with E-state index in [1.165, 1.54) is 0 Å². The third-order valence-corrected chi connectivity index (χ3v) is 4.59. The van der Waals surface area contributed by atoms with Crippen molar-refractivity contribution in [3.8, 4) is 0 Å². The SMILES string of the molecule is CC(C)Cc1nc(S(=O)(=O)c2ccccc2)c(N(C)C)o1. The topological polar surface area (TPSA) is 63.4 Å². The quantitative estimate of drug-likeness (QED) is 0.850. The van der Waals surface area contributed by atoms with Crippen LogP contribution in [0, 0.1) is 5.92 Å². The first-order chi connectivity index (χ1) is 9.82. The number of hydrogen-bond donors (Lipinski definition) is 0. The standard InChI is InChI=1S/C15H20N2O3S/c1-11(2)10-13-16-14(15(20-13)17(3)4)21(18,19)12-8-6-5-7-9-12/h5-9,11H,10H2,1-4H3. The number of hydrogen-bond acceptors (Lipinski definition) is 5. The van der Waals surface area contributed by atoms with Gasteiger partial charge in [-0.3, -0.25) is 0 Å². The summed E-state index contributed by atoms with van der Waals surface area (Å²) in [5.41, 5.74) is 0.